The highest BCUT2D eigenvalue weighted by Crippen LogP contribution is 2.24. The van der Waals surface area contributed by atoms with Crippen molar-refractivity contribution >= 4 is 11.5 Å². The number of rotatable bonds is 5. The van der Waals surface area contributed by atoms with Gasteiger partial charge in [0.05, 0.1) is 0 Å². The topological polar surface area (TPSA) is 28.2 Å². The minimum Gasteiger partial charge on any atom is -0.329 e. The molecule has 0 amide bonds. The van der Waals surface area contributed by atoms with Crippen molar-refractivity contribution in [3.63, 3.8) is 0 Å². The van der Waals surface area contributed by atoms with Crippen LogP contribution in [0.1, 0.15) is 24.1 Å². The van der Waals surface area contributed by atoms with E-state index in [4.69, 9.17) is 0 Å². The summed E-state index contributed by atoms with van der Waals surface area (Å²) in [6.45, 7) is 2.85. The third-order valence-corrected chi connectivity index (χ3v) is 3.71. The van der Waals surface area contributed by atoms with Crippen LogP contribution in [-0.4, -0.2) is 18.1 Å². The first kappa shape index (κ1) is 14.0. The minimum absolute atomic E-state index is 0.234. The van der Waals surface area contributed by atoms with Gasteiger partial charge in [0.2, 0.25) is 0 Å². The molecule has 1 heterocycles. The third kappa shape index (κ3) is 3.58. The molecule has 110 valence electrons. The van der Waals surface area contributed by atoms with E-state index in [0.29, 0.717) is 6.04 Å². The van der Waals surface area contributed by atoms with Gasteiger partial charge in [0.1, 0.15) is 11.6 Å². The van der Waals surface area contributed by atoms with Gasteiger partial charge < -0.3 is 10.2 Å². The number of hydrogen-bond donors (Lipinski definition) is 1. The summed E-state index contributed by atoms with van der Waals surface area (Å²) in [5.74, 6) is 0.607. The Morgan fingerprint density at radius 3 is 2.81 bits per heavy atom. The van der Waals surface area contributed by atoms with Gasteiger partial charge in [-0.3, -0.25) is 0 Å². The molecule has 3 rings (SSSR count). The second kappa shape index (κ2) is 5.82. The van der Waals surface area contributed by atoms with Crippen molar-refractivity contribution in [3.8, 4) is 0 Å². The molecule has 1 aromatic carbocycles. The molecule has 1 N–H and O–H groups in total. The molecule has 1 aromatic heterocycles. The smallest absolute Gasteiger partial charge is 0.133 e. The van der Waals surface area contributed by atoms with Crippen LogP contribution in [0.3, 0.4) is 0 Å². The number of nitrogens with one attached hydrogen (secondary N) is 1. The van der Waals surface area contributed by atoms with Gasteiger partial charge in [-0.25, -0.2) is 9.37 Å². The molecule has 21 heavy (non-hydrogen) atoms. The highest BCUT2D eigenvalue weighted by Gasteiger charge is 2.20. The lowest BCUT2D eigenvalue weighted by Crippen LogP contribution is -2.17. The van der Waals surface area contributed by atoms with E-state index in [1.807, 2.05) is 24.9 Å². The highest BCUT2D eigenvalue weighted by atomic mass is 19.1. The van der Waals surface area contributed by atoms with Crippen LogP contribution >= 0.6 is 0 Å². The van der Waals surface area contributed by atoms with Crippen LogP contribution in [-0.2, 0) is 6.54 Å². The first-order chi connectivity index (χ1) is 10.1. The van der Waals surface area contributed by atoms with Gasteiger partial charge >= 0.3 is 0 Å². The SMILES string of the molecule is Cc1cc(CNC2CC2)cc(N(C)c2cccc(F)c2)n1. The van der Waals surface area contributed by atoms with Gasteiger partial charge in [0.15, 0.2) is 0 Å². The maximum absolute atomic E-state index is 13.4. The minimum atomic E-state index is -0.234. The molecule has 0 saturated heterocycles. The molecular weight excluding hydrogens is 265 g/mol. The Kier molecular flexibility index (Phi) is 3.88. The van der Waals surface area contributed by atoms with Crippen molar-refractivity contribution in [1.29, 1.82) is 0 Å². The standard InChI is InChI=1S/C17H20FN3/c1-12-8-13(11-19-15-6-7-15)9-17(20-12)21(2)16-5-3-4-14(18)10-16/h3-5,8-10,15,19H,6-7,11H2,1-2H3. The molecular formula is C17H20FN3. The van der Waals surface area contributed by atoms with Crippen LogP contribution in [0.25, 0.3) is 0 Å². The summed E-state index contributed by atoms with van der Waals surface area (Å²) in [6, 6.07) is 11.4. The lowest BCUT2D eigenvalue weighted by molar-refractivity contribution is 0.628. The van der Waals surface area contributed by atoms with Gasteiger partial charge in [-0.1, -0.05) is 6.07 Å². The molecule has 1 saturated carbocycles. The van der Waals surface area contributed by atoms with Crippen molar-refractivity contribution in [2.24, 2.45) is 0 Å². The van der Waals surface area contributed by atoms with Crippen molar-refractivity contribution < 1.29 is 4.39 Å². The molecule has 4 heteroatoms. The summed E-state index contributed by atoms with van der Waals surface area (Å²) < 4.78 is 13.4. The van der Waals surface area contributed by atoms with Gasteiger partial charge in [0.25, 0.3) is 0 Å². The maximum Gasteiger partial charge on any atom is 0.133 e. The number of aryl methyl sites for hydroxylation is 1. The average Bonchev–Trinajstić information content (AvgIpc) is 3.28. The monoisotopic (exact) mass is 285 g/mol. The van der Waals surface area contributed by atoms with Crippen LogP contribution in [0.4, 0.5) is 15.9 Å². The van der Waals surface area contributed by atoms with Crippen LogP contribution < -0.4 is 10.2 Å². The zero-order chi connectivity index (χ0) is 14.8. The summed E-state index contributed by atoms with van der Waals surface area (Å²) in [5.41, 5.74) is 2.99. The number of anilines is 2. The third-order valence-electron chi connectivity index (χ3n) is 3.71. The zero-order valence-corrected chi connectivity index (χ0v) is 12.4. The van der Waals surface area contributed by atoms with Gasteiger partial charge in [-0.15, -0.1) is 0 Å². The van der Waals surface area contributed by atoms with Gasteiger partial charge in [-0.05, 0) is 55.7 Å². The molecule has 0 aliphatic heterocycles. The van der Waals surface area contributed by atoms with E-state index in [1.165, 1.54) is 30.5 Å². The van der Waals surface area contributed by atoms with Crippen molar-refractivity contribution in [3.05, 3.63) is 53.5 Å². The number of benzene rings is 1. The van der Waals surface area contributed by atoms with Crippen LogP contribution in [0.5, 0.6) is 0 Å². The molecule has 1 aliphatic carbocycles. The van der Waals surface area contributed by atoms with Crippen LogP contribution in [0.2, 0.25) is 0 Å². The number of hydrogen-bond acceptors (Lipinski definition) is 3. The molecule has 0 spiro atoms. The van der Waals surface area contributed by atoms with Crippen molar-refractivity contribution in [1.82, 2.24) is 10.3 Å². The van der Waals surface area contributed by atoms with Crippen molar-refractivity contribution in [2.45, 2.75) is 32.4 Å². The van der Waals surface area contributed by atoms with E-state index in [-0.39, 0.29) is 5.82 Å². The molecule has 3 nitrogen and oxygen atoms in total. The lowest BCUT2D eigenvalue weighted by atomic mass is 10.2. The van der Waals surface area contributed by atoms with E-state index in [0.717, 1.165) is 23.7 Å². The quantitative estimate of drug-likeness (QED) is 0.910. The summed E-state index contributed by atoms with van der Waals surface area (Å²) in [6.07, 6.45) is 2.56. The number of pyridine rings is 1. The van der Waals surface area contributed by atoms with E-state index in [1.54, 1.807) is 6.07 Å². The fourth-order valence-corrected chi connectivity index (χ4v) is 2.36. The Labute approximate surface area is 124 Å². The maximum atomic E-state index is 13.4. The summed E-state index contributed by atoms with van der Waals surface area (Å²) >= 11 is 0. The van der Waals surface area contributed by atoms with E-state index in [2.05, 4.69) is 22.4 Å². The van der Waals surface area contributed by atoms with Gasteiger partial charge in [0, 0.05) is 31.0 Å². The Bertz CT molecular complexity index is 638. The Hall–Kier alpha value is -1.94. The van der Waals surface area contributed by atoms with Crippen LogP contribution in [0.15, 0.2) is 36.4 Å². The van der Waals surface area contributed by atoms with Gasteiger partial charge in [-0.2, -0.15) is 0 Å². The second-order valence-corrected chi connectivity index (χ2v) is 5.67. The summed E-state index contributed by atoms with van der Waals surface area (Å²) in [7, 11) is 1.91. The summed E-state index contributed by atoms with van der Waals surface area (Å²) in [4.78, 5) is 6.47. The molecule has 0 atom stereocenters. The molecule has 0 bridgehead atoms. The van der Waals surface area contributed by atoms with Crippen molar-refractivity contribution in [2.75, 3.05) is 11.9 Å². The Balaban J connectivity index is 1.82. The predicted octanol–water partition coefficient (Wildman–Crippen LogP) is 3.55. The lowest BCUT2D eigenvalue weighted by Gasteiger charge is -2.20. The molecule has 0 radical (unpaired) electrons. The molecule has 1 aliphatic rings. The fraction of sp³-hybridized carbons (Fsp3) is 0.353. The predicted molar refractivity (Wildman–Crippen MR) is 83.3 cm³/mol. The highest BCUT2D eigenvalue weighted by molar-refractivity contribution is 5.59. The van der Waals surface area contributed by atoms with E-state index in [9.17, 15) is 4.39 Å². The molecule has 1 fully saturated rings. The Morgan fingerprint density at radius 1 is 1.29 bits per heavy atom. The van der Waals surface area contributed by atoms with E-state index >= 15 is 0 Å². The first-order valence-corrected chi connectivity index (χ1v) is 7.32. The normalized spacial score (nSPS) is 14.2. The zero-order valence-electron chi connectivity index (χ0n) is 12.4. The van der Waals surface area contributed by atoms with E-state index < -0.39 is 0 Å². The summed E-state index contributed by atoms with van der Waals surface area (Å²) in [5, 5.41) is 3.51. The average molecular weight is 285 g/mol. The second-order valence-electron chi connectivity index (χ2n) is 5.67. The number of halogens is 1. The number of aromatic nitrogens is 1. The number of nitrogens with zero attached hydrogens (tertiary/aromatic N) is 2. The fourth-order valence-electron chi connectivity index (χ4n) is 2.36. The molecule has 0 unspecified atom stereocenters. The largest absolute Gasteiger partial charge is 0.329 e. The molecule has 2 aromatic rings. The first-order valence-electron chi connectivity index (χ1n) is 7.32. The Morgan fingerprint density at radius 2 is 2.10 bits per heavy atom. The van der Waals surface area contributed by atoms with Crippen LogP contribution in [0, 0.1) is 12.7 Å².